The van der Waals surface area contributed by atoms with Gasteiger partial charge in [0.2, 0.25) is 0 Å². The average molecular weight is 298 g/mol. The second-order valence-corrected chi connectivity index (χ2v) is 4.18. The van der Waals surface area contributed by atoms with Crippen LogP contribution in [-0.2, 0) is 4.84 Å². The van der Waals surface area contributed by atoms with Crippen LogP contribution in [0.3, 0.4) is 0 Å². The van der Waals surface area contributed by atoms with Crippen LogP contribution >= 0.6 is 15.9 Å². The predicted molar refractivity (Wildman–Crippen MR) is 64.7 cm³/mol. The maximum Gasteiger partial charge on any atom is 0.349 e. The molecular weight excluding hydrogens is 290 g/mol. The molecular formula is C11H8BrNO4. The van der Waals surface area contributed by atoms with Crippen molar-refractivity contribution in [2.75, 3.05) is 7.11 Å². The number of hydroxylamine groups is 1. The molecule has 5 nitrogen and oxygen atoms in total. The summed E-state index contributed by atoms with van der Waals surface area (Å²) >= 11 is 3.30. The molecule has 0 saturated heterocycles. The van der Waals surface area contributed by atoms with Gasteiger partial charge >= 0.3 is 5.63 Å². The minimum absolute atomic E-state index is 0.0996. The normalized spacial score (nSPS) is 10.5. The van der Waals surface area contributed by atoms with E-state index in [1.54, 1.807) is 18.2 Å². The lowest BCUT2D eigenvalue weighted by molar-refractivity contribution is 0.0534. The zero-order chi connectivity index (χ0) is 12.4. The number of benzene rings is 1. The molecule has 0 aliphatic heterocycles. The summed E-state index contributed by atoms with van der Waals surface area (Å²) in [5.41, 5.74) is 1.70. The van der Waals surface area contributed by atoms with Crippen LogP contribution in [0.4, 0.5) is 0 Å². The Balaban J connectivity index is 2.61. The number of amides is 1. The van der Waals surface area contributed by atoms with E-state index in [4.69, 9.17) is 4.42 Å². The molecule has 1 aromatic heterocycles. The Morgan fingerprint density at radius 3 is 2.88 bits per heavy atom. The monoisotopic (exact) mass is 297 g/mol. The summed E-state index contributed by atoms with van der Waals surface area (Å²) < 4.78 is 5.85. The van der Waals surface area contributed by atoms with Crippen molar-refractivity contribution in [1.29, 1.82) is 0 Å². The van der Waals surface area contributed by atoms with E-state index in [1.807, 2.05) is 0 Å². The molecule has 0 saturated carbocycles. The maximum atomic E-state index is 11.5. The molecule has 0 bridgehead atoms. The molecule has 0 aliphatic carbocycles. The van der Waals surface area contributed by atoms with Crippen LogP contribution in [0, 0.1) is 0 Å². The van der Waals surface area contributed by atoms with Crippen LogP contribution < -0.4 is 11.1 Å². The van der Waals surface area contributed by atoms with Gasteiger partial charge in [0.15, 0.2) is 0 Å². The van der Waals surface area contributed by atoms with Crippen molar-refractivity contribution in [3.8, 4) is 0 Å². The largest absolute Gasteiger partial charge is 0.422 e. The number of carbonyl (C=O) groups excluding carboxylic acids is 1. The van der Waals surface area contributed by atoms with Gasteiger partial charge in [0.1, 0.15) is 11.1 Å². The first-order valence-electron chi connectivity index (χ1n) is 4.68. The van der Waals surface area contributed by atoms with Crippen LogP contribution in [0.1, 0.15) is 10.4 Å². The van der Waals surface area contributed by atoms with E-state index in [0.29, 0.717) is 11.0 Å². The fourth-order valence-corrected chi connectivity index (χ4v) is 1.78. The van der Waals surface area contributed by atoms with Gasteiger partial charge in [-0.25, -0.2) is 10.3 Å². The lowest BCUT2D eigenvalue weighted by atomic mass is 10.2. The maximum absolute atomic E-state index is 11.5. The fourth-order valence-electron chi connectivity index (χ4n) is 1.40. The van der Waals surface area contributed by atoms with Crippen molar-refractivity contribution in [2.45, 2.75) is 0 Å². The zero-order valence-electron chi connectivity index (χ0n) is 8.82. The first-order valence-corrected chi connectivity index (χ1v) is 5.48. The average Bonchev–Trinajstić information content (AvgIpc) is 2.29. The highest BCUT2D eigenvalue weighted by Crippen LogP contribution is 2.19. The van der Waals surface area contributed by atoms with Gasteiger partial charge in [0.05, 0.1) is 7.11 Å². The summed E-state index contributed by atoms with van der Waals surface area (Å²) in [4.78, 5) is 27.5. The molecule has 1 N–H and O–H groups in total. The molecule has 0 unspecified atom stereocenters. The standard InChI is InChI=1S/C11H8BrNO4/c1-16-13-10(14)8-5-6-4-7(12)2-3-9(6)17-11(8)15/h2-5H,1H3,(H,13,14). The Hall–Kier alpha value is -1.66. The minimum Gasteiger partial charge on any atom is -0.422 e. The van der Waals surface area contributed by atoms with E-state index in [9.17, 15) is 9.59 Å². The number of hydrogen-bond acceptors (Lipinski definition) is 4. The van der Waals surface area contributed by atoms with Crippen molar-refractivity contribution >= 4 is 32.8 Å². The molecule has 1 aromatic carbocycles. The van der Waals surface area contributed by atoms with Crippen LogP contribution in [0.15, 0.2) is 37.9 Å². The highest BCUT2D eigenvalue weighted by atomic mass is 79.9. The summed E-state index contributed by atoms with van der Waals surface area (Å²) in [6.07, 6.45) is 0. The quantitative estimate of drug-likeness (QED) is 0.678. The SMILES string of the molecule is CONC(=O)c1cc2cc(Br)ccc2oc1=O. The van der Waals surface area contributed by atoms with Gasteiger partial charge in [-0.05, 0) is 24.3 Å². The number of halogens is 1. The zero-order valence-corrected chi connectivity index (χ0v) is 10.4. The molecule has 1 heterocycles. The lowest BCUT2D eigenvalue weighted by Crippen LogP contribution is -2.27. The smallest absolute Gasteiger partial charge is 0.349 e. The first-order chi connectivity index (χ1) is 8.11. The van der Waals surface area contributed by atoms with Gasteiger partial charge in [-0.2, -0.15) is 0 Å². The van der Waals surface area contributed by atoms with Crippen molar-refractivity contribution in [1.82, 2.24) is 5.48 Å². The Bertz CT molecular complexity index is 635. The summed E-state index contributed by atoms with van der Waals surface area (Å²) in [5.74, 6) is -0.636. The first kappa shape index (κ1) is 11.8. The molecule has 0 spiro atoms. The van der Waals surface area contributed by atoms with Gasteiger partial charge < -0.3 is 4.42 Å². The summed E-state index contributed by atoms with van der Waals surface area (Å²) in [5, 5.41) is 0.653. The second kappa shape index (κ2) is 4.68. The van der Waals surface area contributed by atoms with E-state index in [2.05, 4.69) is 26.2 Å². The van der Waals surface area contributed by atoms with Gasteiger partial charge in [-0.3, -0.25) is 9.63 Å². The van der Waals surface area contributed by atoms with Crippen molar-refractivity contribution < 1.29 is 14.0 Å². The Morgan fingerprint density at radius 2 is 2.18 bits per heavy atom. The molecule has 2 rings (SSSR count). The van der Waals surface area contributed by atoms with Crippen molar-refractivity contribution in [3.63, 3.8) is 0 Å². The second-order valence-electron chi connectivity index (χ2n) is 3.26. The van der Waals surface area contributed by atoms with Gasteiger partial charge in [0.25, 0.3) is 5.91 Å². The van der Waals surface area contributed by atoms with Gasteiger partial charge in [-0.15, -0.1) is 0 Å². The van der Waals surface area contributed by atoms with Gasteiger partial charge in [-0.1, -0.05) is 15.9 Å². The highest BCUT2D eigenvalue weighted by Gasteiger charge is 2.13. The fraction of sp³-hybridized carbons (Fsp3) is 0.0909. The highest BCUT2D eigenvalue weighted by molar-refractivity contribution is 9.10. The number of rotatable bonds is 2. The predicted octanol–water partition coefficient (Wildman–Crippen LogP) is 1.85. The Morgan fingerprint density at radius 1 is 1.41 bits per heavy atom. The third-order valence-electron chi connectivity index (χ3n) is 2.13. The topological polar surface area (TPSA) is 68.5 Å². The third-order valence-corrected chi connectivity index (χ3v) is 2.63. The van der Waals surface area contributed by atoms with E-state index in [0.717, 1.165) is 4.47 Å². The van der Waals surface area contributed by atoms with Crippen LogP contribution in [-0.4, -0.2) is 13.0 Å². The summed E-state index contributed by atoms with van der Waals surface area (Å²) in [6.45, 7) is 0. The molecule has 0 radical (unpaired) electrons. The number of fused-ring (bicyclic) bond motifs is 1. The molecule has 6 heteroatoms. The van der Waals surface area contributed by atoms with E-state index in [-0.39, 0.29) is 5.56 Å². The lowest BCUT2D eigenvalue weighted by Gasteiger charge is -2.02. The summed E-state index contributed by atoms with van der Waals surface area (Å²) in [7, 11) is 1.29. The Kier molecular flexibility index (Phi) is 3.26. The molecule has 17 heavy (non-hydrogen) atoms. The number of carbonyl (C=O) groups is 1. The van der Waals surface area contributed by atoms with Crippen molar-refractivity contribution in [2.24, 2.45) is 0 Å². The van der Waals surface area contributed by atoms with Gasteiger partial charge in [0, 0.05) is 9.86 Å². The third kappa shape index (κ3) is 2.37. The molecule has 0 aliphatic rings. The number of nitrogens with one attached hydrogen (secondary N) is 1. The molecule has 2 aromatic rings. The van der Waals surface area contributed by atoms with Crippen LogP contribution in [0.2, 0.25) is 0 Å². The molecule has 1 amide bonds. The summed E-state index contributed by atoms with van der Waals surface area (Å²) in [6, 6.07) is 6.61. The Labute approximate surface area is 104 Å². The molecule has 88 valence electrons. The van der Waals surface area contributed by atoms with Crippen molar-refractivity contribution in [3.05, 3.63) is 44.7 Å². The van der Waals surface area contributed by atoms with Crippen LogP contribution in [0.25, 0.3) is 11.0 Å². The van der Waals surface area contributed by atoms with E-state index >= 15 is 0 Å². The van der Waals surface area contributed by atoms with E-state index < -0.39 is 11.5 Å². The molecule has 0 atom stereocenters. The van der Waals surface area contributed by atoms with E-state index in [1.165, 1.54) is 13.2 Å². The minimum atomic E-state index is -0.700. The number of hydrogen-bond donors (Lipinski definition) is 1. The van der Waals surface area contributed by atoms with Crippen LogP contribution in [0.5, 0.6) is 0 Å². The molecule has 0 fully saturated rings.